The molecule has 24 heavy (non-hydrogen) atoms. The maximum Gasteiger partial charge on any atom is 0.0917 e. The molecule has 1 aromatic heterocycles. The number of nitrogens with zero attached hydrogens (tertiary/aromatic N) is 1. The van der Waals surface area contributed by atoms with E-state index >= 15 is 0 Å². The van der Waals surface area contributed by atoms with E-state index in [0.29, 0.717) is 6.10 Å². The first-order chi connectivity index (χ1) is 11.7. The average Bonchev–Trinajstić information content (AvgIpc) is 3.26. The van der Waals surface area contributed by atoms with Crippen molar-refractivity contribution in [2.75, 3.05) is 26.9 Å². The molecule has 1 aromatic carbocycles. The number of thiophene rings is 1. The van der Waals surface area contributed by atoms with E-state index in [4.69, 9.17) is 9.47 Å². The third kappa shape index (κ3) is 4.90. The van der Waals surface area contributed by atoms with Gasteiger partial charge < -0.3 is 9.47 Å². The molecule has 1 aliphatic rings. The van der Waals surface area contributed by atoms with E-state index in [0.717, 1.165) is 39.3 Å². The number of methoxy groups -OCH3 is 1. The van der Waals surface area contributed by atoms with Crippen molar-refractivity contribution in [1.29, 1.82) is 0 Å². The van der Waals surface area contributed by atoms with Gasteiger partial charge in [0.15, 0.2) is 0 Å². The van der Waals surface area contributed by atoms with E-state index < -0.39 is 0 Å². The summed E-state index contributed by atoms with van der Waals surface area (Å²) in [6, 6.07) is 13.3. The molecule has 1 fully saturated rings. The Morgan fingerprint density at radius 1 is 1.17 bits per heavy atom. The van der Waals surface area contributed by atoms with Crippen molar-refractivity contribution in [3.63, 3.8) is 0 Å². The predicted molar refractivity (Wildman–Crippen MR) is 99.4 cm³/mol. The fourth-order valence-electron chi connectivity index (χ4n) is 3.06. The smallest absolute Gasteiger partial charge is 0.0917 e. The zero-order valence-electron chi connectivity index (χ0n) is 14.7. The summed E-state index contributed by atoms with van der Waals surface area (Å²) in [5.74, 6) is 0. The minimum Gasteiger partial charge on any atom is -0.383 e. The molecule has 0 radical (unpaired) electrons. The van der Waals surface area contributed by atoms with E-state index in [2.05, 4.69) is 48.2 Å². The Labute approximate surface area is 149 Å². The fourth-order valence-corrected chi connectivity index (χ4v) is 4.20. The summed E-state index contributed by atoms with van der Waals surface area (Å²) in [6.07, 6.45) is 2.68. The van der Waals surface area contributed by atoms with Crippen LogP contribution in [0.25, 0.3) is 0 Å². The summed E-state index contributed by atoms with van der Waals surface area (Å²) in [5.41, 5.74) is 2.66. The van der Waals surface area contributed by atoms with Crippen LogP contribution in [0.15, 0.2) is 36.4 Å². The van der Waals surface area contributed by atoms with E-state index in [-0.39, 0.29) is 0 Å². The summed E-state index contributed by atoms with van der Waals surface area (Å²) in [7, 11) is 1.77. The number of rotatable bonds is 8. The van der Waals surface area contributed by atoms with Crippen LogP contribution in [0, 0.1) is 6.92 Å². The van der Waals surface area contributed by atoms with Crippen molar-refractivity contribution >= 4 is 11.3 Å². The summed E-state index contributed by atoms with van der Waals surface area (Å²) >= 11 is 1.90. The van der Waals surface area contributed by atoms with Crippen LogP contribution in [0.1, 0.15) is 39.8 Å². The Balaban J connectivity index is 1.63. The molecule has 0 aliphatic carbocycles. The molecule has 0 N–H and O–H groups in total. The molecule has 2 aromatic rings. The van der Waals surface area contributed by atoms with Gasteiger partial charge in [0.2, 0.25) is 0 Å². The SMILES string of the molecule is COCCN(Cc1ccc(C)cc1)Cc1ccc([C@@H]2CCCO2)s1. The normalized spacial score (nSPS) is 17.7. The third-order valence-electron chi connectivity index (χ3n) is 4.45. The second-order valence-electron chi connectivity index (χ2n) is 6.49. The summed E-state index contributed by atoms with van der Waals surface area (Å²) in [6.45, 7) is 6.66. The summed E-state index contributed by atoms with van der Waals surface area (Å²) < 4.78 is 11.1. The van der Waals surface area contributed by atoms with Gasteiger partial charge in [-0.2, -0.15) is 0 Å². The molecule has 3 rings (SSSR count). The van der Waals surface area contributed by atoms with Gasteiger partial charge in [-0.1, -0.05) is 29.8 Å². The highest BCUT2D eigenvalue weighted by Gasteiger charge is 2.20. The van der Waals surface area contributed by atoms with Gasteiger partial charge in [0, 0.05) is 43.1 Å². The van der Waals surface area contributed by atoms with Crippen LogP contribution in [0.5, 0.6) is 0 Å². The van der Waals surface area contributed by atoms with Crippen molar-refractivity contribution < 1.29 is 9.47 Å². The second kappa shape index (κ2) is 8.77. The number of aryl methyl sites for hydroxylation is 1. The van der Waals surface area contributed by atoms with Gasteiger partial charge in [0.05, 0.1) is 12.7 Å². The zero-order chi connectivity index (χ0) is 16.8. The van der Waals surface area contributed by atoms with Crippen molar-refractivity contribution in [2.45, 2.75) is 39.0 Å². The summed E-state index contributed by atoms with van der Waals surface area (Å²) in [4.78, 5) is 5.24. The van der Waals surface area contributed by atoms with Crippen LogP contribution in [0.4, 0.5) is 0 Å². The number of benzene rings is 1. The van der Waals surface area contributed by atoms with Gasteiger partial charge in [0.25, 0.3) is 0 Å². The Hall–Kier alpha value is -1.20. The lowest BCUT2D eigenvalue weighted by Gasteiger charge is -2.21. The molecule has 1 atom stereocenters. The highest BCUT2D eigenvalue weighted by molar-refractivity contribution is 7.12. The van der Waals surface area contributed by atoms with Gasteiger partial charge in [-0.25, -0.2) is 0 Å². The number of ether oxygens (including phenoxy) is 2. The minimum absolute atomic E-state index is 0.327. The van der Waals surface area contributed by atoms with Crippen LogP contribution < -0.4 is 0 Å². The molecule has 0 spiro atoms. The predicted octanol–water partition coefficient (Wildman–Crippen LogP) is 4.56. The van der Waals surface area contributed by atoms with Crippen molar-refractivity contribution in [3.8, 4) is 0 Å². The zero-order valence-corrected chi connectivity index (χ0v) is 15.5. The summed E-state index contributed by atoms with van der Waals surface area (Å²) in [5, 5.41) is 0. The lowest BCUT2D eigenvalue weighted by atomic mass is 10.1. The number of hydrogen-bond acceptors (Lipinski definition) is 4. The first-order valence-electron chi connectivity index (χ1n) is 8.71. The molecule has 1 saturated heterocycles. The van der Waals surface area contributed by atoms with Crippen molar-refractivity contribution in [2.24, 2.45) is 0 Å². The van der Waals surface area contributed by atoms with E-state index in [1.807, 2.05) is 11.3 Å². The molecule has 0 saturated carbocycles. The number of hydrogen-bond donors (Lipinski definition) is 0. The van der Waals surface area contributed by atoms with Crippen LogP contribution in [-0.2, 0) is 22.6 Å². The van der Waals surface area contributed by atoms with Crippen LogP contribution in [-0.4, -0.2) is 31.8 Å². The molecular formula is C20H27NO2S. The highest BCUT2D eigenvalue weighted by atomic mass is 32.1. The lowest BCUT2D eigenvalue weighted by Crippen LogP contribution is -2.26. The largest absolute Gasteiger partial charge is 0.383 e. The molecule has 0 bridgehead atoms. The molecule has 3 nitrogen and oxygen atoms in total. The lowest BCUT2D eigenvalue weighted by molar-refractivity contribution is 0.114. The first kappa shape index (κ1) is 17.6. The fraction of sp³-hybridized carbons (Fsp3) is 0.500. The average molecular weight is 346 g/mol. The topological polar surface area (TPSA) is 21.7 Å². The van der Waals surface area contributed by atoms with Gasteiger partial charge in [-0.15, -0.1) is 11.3 Å². The molecule has 2 heterocycles. The Morgan fingerprint density at radius 2 is 2.00 bits per heavy atom. The van der Waals surface area contributed by atoms with Gasteiger partial charge >= 0.3 is 0 Å². The Morgan fingerprint density at radius 3 is 2.71 bits per heavy atom. The molecule has 1 aliphatic heterocycles. The molecule has 4 heteroatoms. The van der Waals surface area contributed by atoms with Gasteiger partial charge in [0.1, 0.15) is 0 Å². The van der Waals surface area contributed by atoms with E-state index in [9.17, 15) is 0 Å². The van der Waals surface area contributed by atoms with Crippen molar-refractivity contribution in [3.05, 3.63) is 57.3 Å². The molecule has 0 unspecified atom stereocenters. The highest BCUT2D eigenvalue weighted by Crippen LogP contribution is 2.33. The standard InChI is InChI=1S/C20H27NO2S/c1-16-5-7-17(8-6-16)14-21(11-13-22-2)15-18-9-10-20(24-18)19-4-3-12-23-19/h5-10,19H,3-4,11-15H2,1-2H3/t19-/m0/s1. The third-order valence-corrected chi connectivity index (χ3v) is 5.61. The first-order valence-corrected chi connectivity index (χ1v) is 9.53. The van der Waals surface area contributed by atoms with Crippen molar-refractivity contribution in [1.82, 2.24) is 4.90 Å². The Bertz CT molecular complexity index is 617. The van der Waals surface area contributed by atoms with Gasteiger partial charge in [-0.3, -0.25) is 4.90 Å². The molecular weight excluding hydrogens is 318 g/mol. The monoisotopic (exact) mass is 345 g/mol. The minimum atomic E-state index is 0.327. The quantitative estimate of drug-likeness (QED) is 0.700. The van der Waals surface area contributed by atoms with Crippen LogP contribution in [0.3, 0.4) is 0 Å². The van der Waals surface area contributed by atoms with E-state index in [1.165, 1.54) is 27.3 Å². The Kier molecular flexibility index (Phi) is 6.44. The second-order valence-corrected chi connectivity index (χ2v) is 7.69. The molecule has 130 valence electrons. The molecule has 0 amide bonds. The van der Waals surface area contributed by atoms with Crippen LogP contribution in [0.2, 0.25) is 0 Å². The van der Waals surface area contributed by atoms with Crippen LogP contribution >= 0.6 is 11.3 Å². The van der Waals surface area contributed by atoms with Gasteiger partial charge in [-0.05, 0) is 37.5 Å². The maximum absolute atomic E-state index is 5.81. The maximum atomic E-state index is 5.81. The van der Waals surface area contributed by atoms with E-state index in [1.54, 1.807) is 7.11 Å².